The third-order valence-electron chi connectivity index (χ3n) is 4.81. The summed E-state index contributed by atoms with van der Waals surface area (Å²) in [7, 11) is 0. The molecule has 0 saturated heterocycles. The van der Waals surface area contributed by atoms with E-state index in [1.807, 2.05) is 0 Å². The number of hydrogen-bond acceptors (Lipinski definition) is 4. The Morgan fingerprint density at radius 3 is 2.50 bits per heavy atom. The van der Waals surface area contributed by atoms with Crippen LogP contribution in [0.3, 0.4) is 0 Å². The molecule has 0 heterocycles. The Balaban J connectivity index is 1.71. The molecule has 2 fully saturated rings. The second-order valence-electron chi connectivity index (χ2n) is 6.20. The third-order valence-corrected chi connectivity index (χ3v) is 4.81. The first-order valence-electron chi connectivity index (χ1n) is 7.33. The maximum atomic E-state index is 13.5. The van der Waals surface area contributed by atoms with Gasteiger partial charge in [0.2, 0.25) is 0 Å². The number of carbonyl (C=O) groups is 3. The average molecular weight is 337 g/mol. The minimum absolute atomic E-state index is 0.0348. The van der Waals surface area contributed by atoms with Gasteiger partial charge in [-0.05, 0) is 24.5 Å². The molecule has 0 aliphatic heterocycles. The minimum Gasteiger partial charge on any atom is -0.481 e. The predicted molar refractivity (Wildman–Crippen MR) is 79.6 cm³/mol. The highest BCUT2D eigenvalue weighted by Gasteiger charge is 2.74. The fourth-order valence-electron chi connectivity index (χ4n) is 3.72. The number of carboxylic acid groups (broad SMARTS) is 2. The van der Waals surface area contributed by atoms with Crippen molar-refractivity contribution in [2.75, 3.05) is 5.32 Å². The molecule has 5 atom stereocenters. The Labute approximate surface area is 135 Å². The molecule has 3 rings (SSSR count). The smallest absolute Gasteiger partial charge is 0.324 e. The maximum absolute atomic E-state index is 13.5. The van der Waals surface area contributed by atoms with Crippen molar-refractivity contribution in [2.45, 2.75) is 18.0 Å². The molecule has 0 unspecified atom stereocenters. The number of nitrogens with two attached hydrogens (primary N) is 1. The highest BCUT2D eigenvalue weighted by Crippen LogP contribution is 2.61. The van der Waals surface area contributed by atoms with Gasteiger partial charge in [0.15, 0.2) is 0 Å². The number of halogens is 1. The molecule has 2 aliphatic carbocycles. The molecule has 0 radical (unpaired) electrons. The van der Waals surface area contributed by atoms with Gasteiger partial charge in [-0.15, -0.1) is 0 Å². The number of rotatable bonds is 4. The number of hydrogen-bond donors (Lipinski definition) is 5. The highest BCUT2D eigenvalue weighted by molar-refractivity contribution is 5.91. The molecule has 0 spiro atoms. The van der Waals surface area contributed by atoms with E-state index in [2.05, 4.69) is 10.6 Å². The van der Waals surface area contributed by atoms with Gasteiger partial charge in [-0.2, -0.15) is 0 Å². The van der Waals surface area contributed by atoms with Crippen molar-refractivity contribution in [1.29, 1.82) is 0 Å². The van der Waals surface area contributed by atoms with Crippen LogP contribution in [0.1, 0.15) is 6.42 Å². The van der Waals surface area contributed by atoms with Gasteiger partial charge in [0, 0.05) is 12.0 Å². The van der Waals surface area contributed by atoms with E-state index in [1.54, 1.807) is 6.07 Å². The van der Waals surface area contributed by atoms with E-state index >= 15 is 0 Å². The monoisotopic (exact) mass is 337 g/mol. The van der Waals surface area contributed by atoms with Gasteiger partial charge >= 0.3 is 18.0 Å². The standard InChI is InChI=1S/C15H16FN3O5/c16-6-3-1-2-4-7(6)18-14(24)19-8-5-15(17,13(22)23)11-9(8)10(11)12(20)21/h1-4,8-11H,5,17H2,(H,20,21)(H,22,23)(H2,18,19,24)/t8-,9-,10-,11+,15-/m1/s1. The van der Waals surface area contributed by atoms with Crippen LogP contribution in [-0.4, -0.2) is 39.8 Å². The molecule has 24 heavy (non-hydrogen) atoms. The lowest BCUT2D eigenvalue weighted by Crippen LogP contribution is -2.52. The fourth-order valence-corrected chi connectivity index (χ4v) is 3.72. The van der Waals surface area contributed by atoms with E-state index in [4.69, 9.17) is 5.73 Å². The molecule has 128 valence electrons. The number of aliphatic carboxylic acids is 2. The highest BCUT2D eigenvalue weighted by atomic mass is 19.1. The number of carbonyl (C=O) groups excluding carboxylic acids is 1. The molecule has 1 aromatic carbocycles. The maximum Gasteiger partial charge on any atom is 0.324 e. The zero-order chi connectivity index (χ0) is 17.6. The van der Waals surface area contributed by atoms with Crippen molar-refractivity contribution in [3.05, 3.63) is 30.1 Å². The topological polar surface area (TPSA) is 142 Å². The zero-order valence-corrected chi connectivity index (χ0v) is 12.4. The summed E-state index contributed by atoms with van der Waals surface area (Å²) >= 11 is 0. The zero-order valence-electron chi connectivity index (χ0n) is 12.4. The van der Waals surface area contributed by atoms with Crippen molar-refractivity contribution in [3.63, 3.8) is 0 Å². The second kappa shape index (κ2) is 5.45. The lowest BCUT2D eigenvalue weighted by atomic mass is 9.90. The number of amides is 2. The largest absolute Gasteiger partial charge is 0.481 e. The molecule has 1 aromatic rings. The number of nitrogens with one attached hydrogen (secondary N) is 2. The molecule has 2 aliphatic rings. The van der Waals surface area contributed by atoms with Crippen molar-refractivity contribution < 1.29 is 29.0 Å². The van der Waals surface area contributed by atoms with Gasteiger partial charge < -0.3 is 26.6 Å². The van der Waals surface area contributed by atoms with E-state index < -0.39 is 53.1 Å². The van der Waals surface area contributed by atoms with Crippen LogP contribution in [0.2, 0.25) is 0 Å². The molecule has 2 amide bonds. The Kier molecular flexibility index (Phi) is 3.67. The summed E-state index contributed by atoms with van der Waals surface area (Å²) in [5.74, 6) is -5.23. The summed E-state index contributed by atoms with van der Waals surface area (Å²) in [5, 5.41) is 23.3. The van der Waals surface area contributed by atoms with Gasteiger partial charge in [0.25, 0.3) is 0 Å². The number of para-hydroxylation sites is 1. The molecule has 6 N–H and O–H groups in total. The molecule has 0 bridgehead atoms. The summed E-state index contributed by atoms with van der Waals surface area (Å²) in [5.41, 5.74) is 4.14. The predicted octanol–water partition coefficient (Wildman–Crippen LogP) is 0.448. The van der Waals surface area contributed by atoms with Crippen LogP contribution < -0.4 is 16.4 Å². The summed E-state index contributed by atoms with van der Waals surface area (Å²) < 4.78 is 13.5. The first kappa shape index (κ1) is 16.2. The number of fused-ring (bicyclic) bond motifs is 1. The van der Waals surface area contributed by atoms with Crippen molar-refractivity contribution in [1.82, 2.24) is 5.32 Å². The van der Waals surface area contributed by atoms with Gasteiger partial charge in [-0.3, -0.25) is 9.59 Å². The Bertz CT molecular complexity index is 727. The van der Waals surface area contributed by atoms with Crippen molar-refractivity contribution in [2.24, 2.45) is 23.5 Å². The van der Waals surface area contributed by atoms with Crippen LogP contribution in [0, 0.1) is 23.6 Å². The van der Waals surface area contributed by atoms with Crippen LogP contribution >= 0.6 is 0 Å². The van der Waals surface area contributed by atoms with Gasteiger partial charge in [0.1, 0.15) is 11.4 Å². The summed E-state index contributed by atoms with van der Waals surface area (Å²) in [4.78, 5) is 34.6. The molecular weight excluding hydrogens is 321 g/mol. The molecule has 0 aromatic heterocycles. The SMILES string of the molecule is N[C@]1(C(=O)O)C[C@@H](NC(=O)Nc2ccccc2F)[C@@H]2[C@@H](C(=O)O)[C@H]21. The Hall–Kier alpha value is -2.68. The summed E-state index contributed by atoms with van der Waals surface area (Å²) in [6.07, 6.45) is -0.0772. The molecule has 2 saturated carbocycles. The van der Waals surface area contributed by atoms with Crippen molar-refractivity contribution >= 4 is 23.7 Å². The van der Waals surface area contributed by atoms with Gasteiger partial charge in [-0.1, -0.05) is 12.1 Å². The summed E-state index contributed by atoms with van der Waals surface area (Å²) in [6, 6.07) is 4.11. The third kappa shape index (κ3) is 2.46. The Morgan fingerprint density at radius 1 is 1.25 bits per heavy atom. The first-order valence-corrected chi connectivity index (χ1v) is 7.33. The van der Waals surface area contributed by atoms with E-state index in [1.165, 1.54) is 18.2 Å². The summed E-state index contributed by atoms with van der Waals surface area (Å²) in [6.45, 7) is 0. The first-order chi connectivity index (χ1) is 11.3. The molecule has 8 nitrogen and oxygen atoms in total. The van der Waals surface area contributed by atoms with Crippen LogP contribution in [0.15, 0.2) is 24.3 Å². The quantitative estimate of drug-likeness (QED) is 0.540. The lowest BCUT2D eigenvalue weighted by Gasteiger charge is -2.25. The average Bonchev–Trinajstić information content (AvgIpc) is 3.18. The van der Waals surface area contributed by atoms with Crippen molar-refractivity contribution in [3.8, 4) is 0 Å². The second-order valence-corrected chi connectivity index (χ2v) is 6.20. The van der Waals surface area contributed by atoms with E-state index in [9.17, 15) is 29.0 Å². The molecule has 9 heteroatoms. The Morgan fingerprint density at radius 2 is 1.92 bits per heavy atom. The van der Waals surface area contributed by atoms with E-state index in [0.717, 1.165) is 0 Å². The van der Waals surface area contributed by atoms with Gasteiger partial charge in [0.05, 0.1) is 11.6 Å². The minimum atomic E-state index is -1.69. The normalized spacial score (nSPS) is 33.4. The van der Waals surface area contributed by atoms with E-state index in [0.29, 0.717) is 0 Å². The van der Waals surface area contributed by atoms with Crippen LogP contribution in [0.25, 0.3) is 0 Å². The fraction of sp³-hybridized carbons (Fsp3) is 0.400. The van der Waals surface area contributed by atoms with Gasteiger partial charge in [-0.25, -0.2) is 9.18 Å². The lowest BCUT2D eigenvalue weighted by molar-refractivity contribution is -0.145. The molecular formula is C15H16FN3O5. The van der Waals surface area contributed by atoms with Crippen LogP contribution in [0.5, 0.6) is 0 Å². The number of benzene rings is 1. The van der Waals surface area contributed by atoms with E-state index in [-0.39, 0.29) is 12.1 Å². The van der Waals surface area contributed by atoms with Crippen LogP contribution in [-0.2, 0) is 9.59 Å². The van der Waals surface area contributed by atoms with Crippen LogP contribution in [0.4, 0.5) is 14.9 Å². The number of urea groups is 1. The number of anilines is 1. The number of carboxylic acids is 2.